The van der Waals surface area contributed by atoms with E-state index in [-0.39, 0.29) is 10.6 Å². The second-order valence-electron chi connectivity index (χ2n) is 6.41. The normalized spacial score (nSPS) is 20.3. The van der Waals surface area contributed by atoms with Gasteiger partial charge in [-0.15, -0.1) is 0 Å². The third kappa shape index (κ3) is 3.74. The molecule has 2 aliphatic carbocycles. The zero-order chi connectivity index (χ0) is 16.7. The average molecular weight is 363 g/mol. The lowest BCUT2D eigenvalue weighted by atomic mass is 9.91. The van der Waals surface area contributed by atoms with Crippen LogP contribution in [0.5, 0.6) is 0 Å². The van der Waals surface area contributed by atoms with Gasteiger partial charge in [-0.05, 0) is 62.0 Å². The van der Waals surface area contributed by atoms with Crippen LogP contribution in [0.2, 0.25) is 5.02 Å². The van der Waals surface area contributed by atoms with Crippen molar-refractivity contribution >= 4 is 34.6 Å². The minimum absolute atomic E-state index is 0.0311. The first-order valence-electron chi connectivity index (χ1n) is 7.76. The molecule has 0 saturated heterocycles. The van der Waals surface area contributed by atoms with Gasteiger partial charge in [0.05, 0.1) is 10.6 Å². The van der Waals surface area contributed by atoms with Gasteiger partial charge in [0.1, 0.15) is 0 Å². The molecule has 0 atom stereocenters. The third-order valence-corrected chi connectivity index (χ3v) is 5.28. The maximum absolute atomic E-state index is 12.9. The molecule has 126 valence electrons. The molecule has 0 aromatic heterocycles. The van der Waals surface area contributed by atoms with Crippen LogP contribution in [0.3, 0.4) is 0 Å². The Morgan fingerprint density at radius 1 is 1.22 bits per heavy atom. The largest absolute Gasteiger partial charge is 0.417 e. The van der Waals surface area contributed by atoms with Crippen LogP contribution < -0.4 is 10.6 Å². The van der Waals surface area contributed by atoms with Crippen LogP contribution in [0.15, 0.2) is 18.2 Å². The lowest BCUT2D eigenvalue weighted by Gasteiger charge is -2.32. The number of halogens is 4. The number of thiocarbonyl (C=S) groups is 1. The SMILES string of the molecule is FC(F)(F)c1cc(NC(=S)NC2(C3CC3)CCCC2)ccc1Cl. The molecule has 0 amide bonds. The Morgan fingerprint density at radius 3 is 2.43 bits per heavy atom. The molecule has 2 fully saturated rings. The van der Waals surface area contributed by atoms with E-state index in [1.807, 2.05) is 0 Å². The van der Waals surface area contributed by atoms with E-state index in [4.69, 9.17) is 23.8 Å². The van der Waals surface area contributed by atoms with E-state index >= 15 is 0 Å². The van der Waals surface area contributed by atoms with Gasteiger partial charge in [-0.1, -0.05) is 24.4 Å². The van der Waals surface area contributed by atoms with E-state index < -0.39 is 11.7 Å². The van der Waals surface area contributed by atoms with Crippen molar-refractivity contribution in [1.29, 1.82) is 0 Å². The van der Waals surface area contributed by atoms with Crippen LogP contribution >= 0.6 is 23.8 Å². The number of alkyl halides is 3. The zero-order valence-electron chi connectivity index (χ0n) is 12.5. The van der Waals surface area contributed by atoms with E-state index in [2.05, 4.69) is 10.6 Å². The zero-order valence-corrected chi connectivity index (χ0v) is 14.0. The van der Waals surface area contributed by atoms with E-state index in [0.717, 1.165) is 18.9 Å². The first-order valence-corrected chi connectivity index (χ1v) is 8.55. The number of benzene rings is 1. The van der Waals surface area contributed by atoms with Gasteiger partial charge >= 0.3 is 6.18 Å². The number of nitrogens with one attached hydrogen (secondary N) is 2. The number of rotatable bonds is 3. The van der Waals surface area contributed by atoms with E-state index in [1.54, 1.807) is 0 Å². The van der Waals surface area contributed by atoms with Crippen LogP contribution in [-0.4, -0.2) is 10.7 Å². The van der Waals surface area contributed by atoms with Crippen molar-refractivity contribution in [2.24, 2.45) is 5.92 Å². The number of anilines is 1. The van der Waals surface area contributed by atoms with Gasteiger partial charge in [0.2, 0.25) is 0 Å². The molecule has 7 heteroatoms. The molecule has 1 aromatic rings. The molecule has 23 heavy (non-hydrogen) atoms. The van der Waals surface area contributed by atoms with Crippen molar-refractivity contribution in [2.75, 3.05) is 5.32 Å². The average Bonchev–Trinajstić information content (AvgIpc) is 3.22. The fourth-order valence-electron chi connectivity index (χ4n) is 3.49. The van der Waals surface area contributed by atoms with Crippen molar-refractivity contribution in [2.45, 2.75) is 50.2 Å². The molecule has 0 spiro atoms. The maximum Gasteiger partial charge on any atom is 0.417 e. The number of hydrogen-bond donors (Lipinski definition) is 2. The van der Waals surface area contributed by atoms with Gasteiger partial charge in [0.25, 0.3) is 0 Å². The molecule has 0 radical (unpaired) electrons. The topological polar surface area (TPSA) is 24.1 Å². The lowest BCUT2D eigenvalue weighted by molar-refractivity contribution is -0.137. The van der Waals surface area contributed by atoms with Crippen molar-refractivity contribution in [3.63, 3.8) is 0 Å². The van der Waals surface area contributed by atoms with Gasteiger partial charge in [-0.25, -0.2) is 0 Å². The van der Waals surface area contributed by atoms with Gasteiger partial charge in [0, 0.05) is 11.2 Å². The highest BCUT2D eigenvalue weighted by atomic mass is 35.5. The highest BCUT2D eigenvalue weighted by molar-refractivity contribution is 7.80. The molecular formula is C16H18ClF3N2S. The first kappa shape index (κ1) is 16.8. The summed E-state index contributed by atoms with van der Waals surface area (Å²) in [6, 6.07) is 3.74. The Kier molecular flexibility index (Phi) is 4.49. The minimum atomic E-state index is -4.48. The van der Waals surface area contributed by atoms with Gasteiger partial charge in [-0.2, -0.15) is 13.2 Å². The van der Waals surface area contributed by atoms with Gasteiger partial charge in [-0.3, -0.25) is 0 Å². The molecule has 2 nitrogen and oxygen atoms in total. The standard InChI is InChI=1S/C16H18ClF3N2S/c17-13-6-5-11(9-12(13)16(18,19)20)21-14(23)22-15(10-3-4-10)7-1-2-8-15/h5-6,9-10H,1-4,7-8H2,(H2,21,22,23). The Balaban J connectivity index is 1.70. The fraction of sp³-hybridized carbons (Fsp3) is 0.562. The summed E-state index contributed by atoms with van der Waals surface area (Å²) in [5.74, 6) is 0.640. The van der Waals surface area contributed by atoms with Crippen LogP contribution in [0.4, 0.5) is 18.9 Å². The Hall–Kier alpha value is -1.01. The molecule has 2 N–H and O–H groups in total. The van der Waals surface area contributed by atoms with Crippen molar-refractivity contribution in [1.82, 2.24) is 5.32 Å². The van der Waals surface area contributed by atoms with E-state index in [1.165, 1.54) is 37.8 Å². The molecule has 0 aliphatic heterocycles. The predicted octanol–water partition coefficient (Wildman–Crippen LogP) is 5.37. The Labute approximate surface area is 143 Å². The molecule has 2 aliphatic rings. The molecule has 3 rings (SSSR count). The fourth-order valence-corrected chi connectivity index (χ4v) is 4.03. The quantitative estimate of drug-likeness (QED) is 0.707. The maximum atomic E-state index is 12.9. The Morgan fingerprint density at radius 2 is 1.87 bits per heavy atom. The summed E-state index contributed by atoms with van der Waals surface area (Å²) in [6.45, 7) is 0. The predicted molar refractivity (Wildman–Crippen MR) is 89.7 cm³/mol. The molecular weight excluding hydrogens is 345 g/mol. The first-order chi connectivity index (χ1) is 10.8. The van der Waals surface area contributed by atoms with Crippen molar-refractivity contribution in [3.8, 4) is 0 Å². The monoisotopic (exact) mass is 362 g/mol. The summed E-state index contributed by atoms with van der Waals surface area (Å²) in [5.41, 5.74) is -0.531. The summed E-state index contributed by atoms with van der Waals surface area (Å²) in [4.78, 5) is 0. The summed E-state index contributed by atoms with van der Waals surface area (Å²) >= 11 is 11.0. The van der Waals surface area contributed by atoms with Gasteiger partial charge in [0.15, 0.2) is 5.11 Å². The lowest BCUT2D eigenvalue weighted by Crippen LogP contribution is -2.49. The van der Waals surface area contributed by atoms with E-state index in [0.29, 0.717) is 16.7 Å². The smallest absolute Gasteiger partial charge is 0.357 e. The minimum Gasteiger partial charge on any atom is -0.357 e. The summed E-state index contributed by atoms with van der Waals surface area (Å²) in [6.07, 6.45) is 2.42. The van der Waals surface area contributed by atoms with Crippen LogP contribution in [0, 0.1) is 5.92 Å². The highest BCUT2D eigenvalue weighted by Gasteiger charge is 2.47. The molecule has 0 heterocycles. The molecule has 0 unspecified atom stereocenters. The van der Waals surface area contributed by atoms with E-state index in [9.17, 15) is 13.2 Å². The second kappa shape index (κ2) is 6.13. The summed E-state index contributed by atoms with van der Waals surface area (Å²) in [7, 11) is 0. The molecule has 1 aromatic carbocycles. The highest BCUT2D eigenvalue weighted by Crippen LogP contribution is 2.48. The van der Waals surface area contributed by atoms with Crippen LogP contribution in [0.1, 0.15) is 44.1 Å². The third-order valence-electron chi connectivity index (χ3n) is 4.75. The molecule has 2 saturated carbocycles. The Bertz CT molecular complexity index is 608. The summed E-state index contributed by atoms with van der Waals surface area (Å²) in [5, 5.41) is 6.33. The van der Waals surface area contributed by atoms with Crippen molar-refractivity contribution < 1.29 is 13.2 Å². The van der Waals surface area contributed by atoms with Crippen LogP contribution in [-0.2, 0) is 6.18 Å². The second-order valence-corrected chi connectivity index (χ2v) is 7.22. The summed E-state index contributed by atoms with van der Waals surface area (Å²) < 4.78 is 38.7. The van der Waals surface area contributed by atoms with Crippen molar-refractivity contribution in [3.05, 3.63) is 28.8 Å². The van der Waals surface area contributed by atoms with Gasteiger partial charge < -0.3 is 10.6 Å². The number of hydrogen-bond acceptors (Lipinski definition) is 1. The van der Waals surface area contributed by atoms with Crippen LogP contribution in [0.25, 0.3) is 0 Å². The molecule has 0 bridgehead atoms.